The minimum absolute atomic E-state index is 0.00459. The molecule has 3 rings (SSSR count). The molecular weight excluding hydrogens is 478 g/mol. The number of halogens is 5. The third kappa shape index (κ3) is 5.89. The Morgan fingerprint density at radius 3 is 2.64 bits per heavy atom. The van der Waals surface area contributed by atoms with Crippen LogP contribution in [-0.4, -0.2) is 30.3 Å². The second kappa shape index (κ2) is 10.3. The summed E-state index contributed by atoms with van der Waals surface area (Å²) in [6, 6.07) is 8.28. The van der Waals surface area contributed by atoms with Crippen LogP contribution in [0.1, 0.15) is 30.9 Å². The molecule has 0 spiro atoms. The highest BCUT2D eigenvalue weighted by Gasteiger charge is 2.32. The predicted molar refractivity (Wildman–Crippen MR) is 122 cm³/mol. The molecule has 1 N–H and O–H groups in total. The summed E-state index contributed by atoms with van der Waals surface area (Å²) in [7, 11) is 1.26. The van der Waals surface area contributed by atoms with Crippen LogP contribution in [0.2, 0.25) is 10.0 Å². The van der Waals surface area contributed by atoms with Gasteiger partial charge in [0, 0.05) is 12.0 Å². The van der Waals surface area contributed by atoms with Gasteiger partial charge in [-0.05, 0) is 36.2 Å². The summed E-state index contributed by atoms with van der Waals surface area (Å²) < 4.78 is 44.8. The van der Waals surface area contributed by atoms with Gasteiger partial charge in [-0.25, -0.2) is 10.0 Å². The van der Waals surface area contributed by atoms with E-state index in [1.165, 1.54) is 18.2 Å². The molecule has 0 radical (unpaired) electrons. The Balaban J connectivity index is 2.04. The van der Waals surface area contributed by atoms with Crippen molar-refractivity contribution in [1.29, 1.82) is 5.26 Å². The van der Waals surface area contributed by atoms with Crippen molar-refractivity contribution in [3.05, 3.63) is 57.6 Å². The molecule has 174 valence electrons. The van der Waals surface area contributed by atoms with E-state index in [0.29, 0.717) is 16.6 Å². The standard InChI is InChI=1S/C22H20Cl2F3N5O/c1-3-4-14-11-32(31-20(14)13-5-6-18(23)19(24)7-13)21(29-12-28)30-16-8-15(22(25,26)27)9-17(10-16)33-2/h5-10,14H,3-4,11H2,1-2H3,(H,29,30). The van der Waals surface area contributed by atoms with Crippen LogP contribution in [0.5, 0.6) is 5.75 Å². The van der Waals surface area contributed by atoms with Crippen molar-refractivity contribution in [2.45, 2.75) is 25.9 Å². The quantitative estimate of drug-likeness (QED) is 0.230. The third-order valence-corrected chi connectivity index (χ3v) is 5.70. The number of aliphatic imine (C=N–C) groups is 1. The summed E-state index contributed by atoms with van der Waals surface area (Å²) in [4.78, 5) is 4.24. The predicted octanol–water partition coefficient (Wildman–Crippen LogP) is 6.22. The molecule has 0 aliphatic carbocycles. The molecule has 0 bridgehead atoms. The maximum atomic E-state index is 13.3. The molecule has 1 aliphatic rings. The zero-order valence-electron chi connectivity index (χ0n) is 17.7. The Kier molecular flexibility index (Phi) is 7.72. The molecule has 0 aromatic heterocycles. The van der Waals surface area contributed by atoms with E-state index in [1.807, 2.05) is 6.92 Å². The maximum absolute atomic E-state index is 13.3. The highest BCUT2D eigenvalue weighted by molar-refractivity contribution is 6.42. The van der Waals surface area contributed by atoms with Gasteiger partial charge in [0.25, 0.3) is 0 Å². The molecule has 0 amide bonds. The lowest BCUT2D eigenvalue weighted by Gasteiger charge is -2.17. The number of benzene rings is 2. The zero-order chi connectivity index (χ0) is 24.2. The second-order valence-electron chi connectivity index (χ2n) is 7.27. The van der Waals surface area contributed by atoms with Gasteiger partial charge in [-0.3, -0.25) is 5.32 Å². The normalized spacial score (nSPS) is 16.4. The number of nitrogens with one attached hydrogen (secondary N) is 1. The number of guanidine groups is 1. The van der Waals surface area contributed by atoms with Gasteiger partial charge in [-0.2, -0.15) is 23.5 Å². The van der Waals surface area contributed by atoms with Gasteiger partial charge < -0.3 is 4.74 Å². The fraction of sp³-hybridized carbons (Fsp3) is 0.318. The van der Waals surface area contributed by atoms with Gasteiger partial charge in [0.2, 0.25) is 5.96 Å². The van der Waals surface area contributed by atoms with Crippen molar-refractivity contribution >= 4 is 40.6 Å². The van der Waals surface area contributed by atoms with Crippen LogP contribution in [0.25, 0.3) is 0 Å². The Hall–Kier alpha value is -2.96. The molecule has 1 atom stereocenters. The molecule has 11 heteroatoms. The summed E-state index contributed by atoms with van der Waals surface area (Å²) in [6.07, 6.45) is -1.13. The topological polar surface area (TPSA) is 73.0 Å². The summed E-state index contributed by atoms with van der Waals surface area (Å²) in [6.45, 7) is 2.42. The summed E-state index contributed by atoms with van der Waals surface area (Å²) in [5.74, 6) is -0.0193. The van der Waals surface area contributed by atoms with Crippen molar-refractivity contribution in [2.75, 3.05) is 13.7 Å². The summed E-state index contributed by atoms with van der Waals surface area (Å²) in [5, 5.41) is 18.5. The monoisotopic (exact) mass is 497 g/mol. The zero-order valence-corrected chi connectivity index (χ0v) is 19.3. The molecule has 2 aromatic rings. The SMILES string of the molecule is CCCC1CN(C(=Nc2cc(OC)cc(C(F)(F)F)c2)NC#N)N=C1c1ccc(Cl)c(Cl)c1. The summed E-state index contributed by atoms with van der Waals surface area (Å²) >= 11 is 12.2. The molecule has 0 saturated heterocycles. The number of alkyl halides is 3. The van der Waals surface area contributed by atoms with Crippen LogP contribution in [0.15, 0.2) is 46.5 Å². The number of hydrazone groups is 1. The molecule has 1 aliphatic heterocycles. The molecule has 0 saturated carbocycles. The second-order valence-corrected chi connectivity index (χ2v) is 8.09. The van der Waals surface area contributed by atoms with Gasteiger partial charge in [-0.15, -0.1) is 0 Å². The Morgan fingerprint density at radius 1 is 1.27 bits per heavy atom. The molecule has 33 heavy (non-hydrogen) atoms. The molecule has 0 fully saturated rings. The Bertz CT molecular complexity index is 1130. The maximum Gasteiger partial charge on any atom is 0.416 e. The Morgan fingerprint density at radius 2 is 2.03 bits per heavy atom. The van der Waals surface area contributed by atoms with E-state index in [4.69, 9.17) is 27.9 Å². The lowest BCUT2D eigenvalue weighted by molar-refractivity contribution is -0.137. The minimum atomic E-state index is -4.58. The van der Waals surface area contributed by atoms with E-state index in [9.17, 15) is 18.4 Å². The van der Waals surface area contributed by atoms with Crippen LogP contribution in [0.4, 0.5) is 18.9 Å². The number of hydrogen-bond acceptors (Lipinski definition) is 4. The summed E-state index contributed by atoms with van der Waals surface area (Å²) in [5.41, 5.74) is 0.540. The van der Waals surface area contributed by atoms with Crippen molar-refractivity contribution in [1.82, 2.24) is 10.3 Å². The first-order chi connectivity index (χ1) is 15.7. The molecule has 2 aromatic carbocycles. The third-order valence-electron chi connectivity index (χ3n) is 4.96. The van der Waals surface area contributed by atoms with Gasteiger partial charge in [0.1, 0.15) is 5.75 Å². The highest BCUT2D eigenvalue weighted by atomic mass is 35.5. The van der Waals surface area contributed by atoms with E-state index in [-0.39, 0.29) is 23.3 Å². The van der Waals surface area contributed by atoms with E-state index in [1.54, 1.807) is 24.4 Å². The number of ether oxygens (including phenoxy) is 1. The van der Waals surface area contributed by atoms with Crippen molar-refractivity contribution in [2.24, 2.45) is 16.0 Å². The largest absolute Gasteiger partial charge is 0.497 e. The van der Waals surface area contributed by atoms with Crippen molar-refractivity contribution in [3.63, 3.8) is 0 Å². The number of rotatable bonds is 5. The van der Waals surface area contributed by atoms with Crippen LogP contribution >= 0.6 is 23.2 Å². The molecule has 6 nitrogen and oxygen atoms in total. The van der Waals surface area contributed by atoms with Crippen LogP contribution in [-0.2, 0) is 6.18 Å². The average Bonchev–Trinajstić information content (AvgIpc) is 3.18. The number of nitrogens with zero attached hydrogens (tertiary/aromatic N) is 4. The number of nitriles is 1. The van der Waals surface area contributed by atoms with Gasteiger partial charge in [0.15, 0.2) is 6.19 Å². The van der Waals surface area contributed by atoms with Crippen molar-refractivity contribution < 1.29 is 17.9 Å². The first kappa shape index (κ1) is 24.7. The smallest absolute Gasteiger partial charge is 0.416 e. The number of methoxy groups -OCH3 is 1. The molecule has 1 heterocycles. The van der Waals surface area contributed by atoms with Gasteiger partial charge in [0.05, 0.1) is 40.7 Å². The van der Waals surface area contributed by atoms with Crippen LogP contribution < -0.4 is 10.1 Å². The first-order valence-corrected chi connectivity index (χ1v) is 10.7. The van der Waals surface area contributed by atoms with Crippen LogP contribution in [0.3, 0.4) is 0 Å². The van der Waals surface area contributed by atoms with E-state index < -0.39 is 11.7 Å². The first-order valence-electron chi connectivity index (χ1n) is 9.97. The highest BCUT2D eigenvalue weighted by Crippen LogP contribution is 2.35. The van der Waals surface area contributed by atoms with E-state index in [2.05, 4.69) is 15.4 Å². The average molecular weight is 498 g/mol. The molecular formula is C22H20Cl2F3N5O. The lowest BCUT2D eigenvalue weighted by Crippen LogP contribution is -2.35. The Labute approximate surface area is 199 Å². The van der Waals surface area contributed by atoms with E-state index >= 15 is 0 Å². The van der Waals surface area contributed by atoms with E-state index in [0.717, 1.165) is 36.2 Å². The molecule has 1 unspecified atom stereocenters. The fourth-order valence-corrected chi connectivity index (χ4v) is 3.76. The number of hydrogen-bond donors (Lipinski definition) is 1. The fourth-order valence-electron chi connectivity index (χ4n) is 3.46. The lowest BCUT2D eigenvalue weighted by atomic mass is 9.93. The van der Waals surface area contributed by atoms with Gasteiger partial charge >= 0.3 is 6.18 Å². The van der Waals surface area contributed by atoms with Crippen molar-refractivity contribution in [3.8, 4) is 11.9 Å². The minimum Gasteiger partial charge on any atom is -0.497 e. The van der Waals surface area contributed by atoms with Crippen LogP contribution in [0, 0.1) is 17.4 Å². The van der Waals surface area contributed by atoms with Gasteiger partial charge in [-0.1, -0.05) is 42.6 Å².